The molecule has 0 aliphatic carbocycles. The van der Waals surface area contributed by atoms with Crippen molar-refractivity contribution in [2.24, 2.45) is 5.73 Å². The summed E-state index contributed by atoms with van der Waals surface area (Å²) < 4.78 is 35.7. The van der Waals surface area contributed by atoms with Gasteiger partial charge in [-0.3, -0.25) is 0 Å². The third kappa shape index (κ3) is 5.49. The van der Waals surface area contributed by atoms with Gasteiger partial charge in [0, 0.05) is 12.1 Å². The number of nitrogens with two attached hydrogens (primary N) is 1. The largest absolute Gasteiger partial charge is 0.460 e. The Kier molecular flexibility index (Phi) is 6.69. The van der Waals surface area contributed by atoms with Crippen LogP contribution in [-0.4, -0.2) is 33.1 Å². The lowest BCUT2D eigenvalue weighted by atomic mass is 10.1. The van der Waals surface area contributed by atoms with Gasteiger partial charge in [0.25, 0.3) is 10.0 Å². The lowest BCUT2D eigenvalue weighted by molar-refractivity contribution is 0.0484. The van der Waals surface area contributed by atoms with E-state index in [1.54, 1.807) is 20.8 Å². The van der Waals surface area contributed by atoms with E-state index in [9.17, 15) is 13.2 Å². The Morgan fingerprint density at radius 1 is 1.45 bits per heavy atom. The standard InChI is InChI=1S/C11H18N2O5S.ClH/c1-4-17-10(14)8-5-6-9(18-8)19(15,16)13-7-11(2,3)12;/h5-6,13H,4,7,12H2,1-3H3;1H. The lowest BCUT2D eigenvalue weighted by Gasteiger charge is -2.18. The summed E-state index contributed by atoms with van der Waals surface area (Å²) in [6.07, 6.45) is 0. The molecule has 0 fully saturated rings. The van der Waals surface area contributed by atoms with E-state index in [0.717, 1.165) is 0 Å². The van der Waals surface area contributed by atoms with Crippen molar-refractivity contribution in [3.05, 3.63) is 17.9 Å². The van der Waals surface area contributed by atoms with E-state index in [2.05, 4.69) is 4.72 Å². The molecule has 0 aromatic carbocycles. The smallest absolute Gasteiger partial charge is 0.374 e. The van der Waals surface area contributed by atoms with Crippen LogP contribution in [0.4, 0.5) is 0 Å². The molecule has 0 saturated heterocycles. The summed E-state index contributed by atoms with van der Waals surface area (Å²) in [6, 6.07) is 2.44. The number of esters is 1. The zero-order valence-electron chi connectivity index (χ0n) is 11.5. The summed E-state index contributed by atoms with van der Waals surface area (Å²) >= 11 is 0. The number of furan rings is 1. The second-order valence-electron chi connectivity index (χ2n) is 4.65. The first-order valence-corrected chi connectivity index (χ1v) is 7.19. The SMILES string of the molecule is CCOC(=O)c1ccc(S(=O)(=O)NCC(C)(C)N)o1.Cl. The molecule has 3 N–H and O–H groups in total. The Hall–Kier alpha value is -1.09. The minimum Gasteiger partial charge on any atom is -0.460 e. The van der Waals surface area contributed by atoms with Crippen molar-refractivity contribution in [1.29, 1.82) is 0 Å². The molecule has 0 atom stereocenters. The van der Waals surface area contributed by atoms with Crippen LogP contribution in [0.2, 0.25) is 0 Å². The van der Waals surface area contributed by atoms with Gasteiger partial charge >= 0.3 is 5.97 Å². The Bertz CT molecular complexity index is 547. The molecule has 20 heavy (non-hydrogen) atoms. The molecule has 0 bridgehead atoms. The molecule has 0 aliphatic heterocycles. The van der Waals surface area contributed by atoms with E-state index >= 15 is 0 Å². The molecule has 0 amide bonds. The highest BCUT2D eigenvalue weighted by Gasteiger charge is 2.23. The number of nitrogens with one attached hydrogen (secondary N) is 1. The molecule has 0 radical (unpaired) electrons. The van der Waals surface area contributed by atoms with E-state index in [1.165, 1.54) is 12.1 Å². The van der Waals surface area contributed by atoms with Gasteiger partial charge in [-0.15, -0.1) is 12.4 Å². The van der Waals surface area contributed by atoms with Crippen LogP contribution in [0.25, 0.3) is 0 Å². The molecule has 0 saturated carbocycles. The van der Waals surface area contributed by atoms with Crippen molar-refractivity contribution in [3.63, 3.8) is 0 Å². The third-order valence-corrected chi connectivity index (χ3v) is 3.31. The topological polar surface area (TPSA) is 112 Å². The third-order valence-electron chi connectivity index (χ3n) is 2.04. The van der Waals surface area contributed by atoms with E-state index in [-0.39, 0.29) is 36.4 Å². The molecular weight excluding hydrogens is 308 g/mol. The van der Waals surface area contributed by atoms with Crippen LogP contribution in [0.15, 0.2) is 21.6 Å². The highest BCUT2D eigenvalue weighted by atomic mass is 35.5. The highest BCUT2D eigenvalue weighted by molar-refractivity contribution is 7.89. The van der Waals surface area contributed by atoms with E-state index in [1.807, 2.05) is 0 Å². The first kappa shape index (κ1) is 18.9. The average molecular weight is 327 g/mol. The Morgan fingerprint density at radius 2 is 2.05 bits per heavy atom. The number of rotatable bonds is 6. The molecule has 116 valence electrons. The minimum atomic E-state index is -3.83. The molecule has 9 heteroatoms. The molecule has 1 heterocycles. The van der Waals surface area contributed by atoms with Crippen molar-refractivity contribution < 1.29 is 22.4 Å². The van der Waals surface area contributed by atoms with E-state index < -0.39 is 21.5 Å². The summed E-state index contributed by atoms with van der Waals surface area (Å²) in [4.78, 5) is 11.4. The average Bonchev–Trinajstić information content (AvgIpc) is 2.76. The number of hydrogen-bond acceptors (Lipinski definition) is 6. The second kappa shape index (κ2) is 7.07. The maximum atomic E-state index is 11.9. The van der Waals surface area contributed by atoms with Crippen molar-refractivity contribution in [3.8, 4) is 0 Å². The van der Waals surface area contributed by atoms with Gasteiger partial charge in [0.2, 0.25) is 10.9 Å². The first-order chi connectivity index (χ1) is 8.65. The lowest BCUT2D eigenvalue weighted by Crippen LogP contribution is -2.44. The molecule has 1 aromatic rings. The van der Waals surface area contributed by atoms with E-state index in [4.69, 9.17) is 14.9 Å². The first-order valence-electron chi connectivity index (χ1n) is 5.71. The van der Waals surface area contributed by atoms with E-state index in [0.29, 0.717) is 0 Å². The molecular formula is C11H19ClN2O5S. The van der Waals surface area contributed by atoms with Crippen LogP contribution in [0.3, 0.4) is 0 Å². The number of ether oxygens (including phenoxy) is 1. The summed E-state index contributed by atoms with van der Waals surface area (Å²) in [5.41, 5.74) is 4.99. The van der Waals surface area contributed by atoms with Crippen LogP contribution < -0.4 is 10.5 Å². The van der Waals surface area contributed by atoms with Crippen molar-refractivity contribution in [1.82, 2.24) is 4.72 Å². The van der Waals surface area contributed by atoms with Gasteiger partial charge in [-0.1, -0.05) is 0 Å². The number of hydrogen-bond donors (Lipinski definition) is 2. The Balaban J connectivity index is 0.00000361. The van der Waals surface area contributed by atoms with Gasteiger partial charge in [-0.2, -0.15) is 0 Å². The fourth-order valence-electron chi connectivity index (χ4n) is 1.13. The second-order valence-corrected chi connectivity index (χ2v) is 6.35. The predicted molar refractivity (Wildman–Crippen MR) is 75.4 cm³/mol. The van der Waals surface area contributed by atoms with Crippen LogP contribution >= 0.6 is 12.4 Å². The fourth-order valence-corrected chi connectivity index (χ4v) is 2.28. The minimum absolute atomic E-state index is 0. The maximum absolute atomic E-state index is 11.9. The van der Waals surface area contributed by atoms with Gasteiger partial charge in [0.1, 0.15) is 0 Å². The summed E-state index contributed by atoms with van der Waals surface area (Å²) in [7, 11) is -3.83. The number of carbonyl (C=O) groups is 1. The van der Waals surface area contributed by atoms with Gasteiger partial charge in [-0.05, 0) is 32.9 Å². The zero-order valence-corrected chi connectivity index (χ0v) is 13.1. The maximum Gasteiger partial charge on any atom is 0.374 e. The van der Waals surface area contributed by atoms with Crippen LogP contribution in [0.5, 0.6) is 0 Å². The fraction of sp³-hybridized carbons (Fsp3) is 0.545. The molecule has 0 unspecified atom stereocenters. The molecule has 1 aromatic heterocycles. The normalized spacial score (nSPS) is 11.8. The zero-order chi connectivity index (χ0) is 14.7. The van der Waals surface area contributed by atoms with Crippen molar-refractivity contribution >= 4 is 28.4 Å². The quantitative estimate of drug-likeness (QED) is 0.751. The summed E-state index contributed by atoms with van der Waals surface area (Å²) in [5.74, 6) is -0.864. The summed E-state index contributed by atoms with van der Waals surface area (Å²) in [5, 5.41) is -0.347. The predicted octanol–water partition coefficient (Wildman–Crippen LogP) is 0.894. The number of halogens is 1. The molecule has 0 aliphatic rings. The van der Waals surface area contributed by atoms with Gasteiger partial charge in [-0.25, -0.2) is 17.9 Å². The molecule has 1 rings (SSSR count). The Labute approximate surface area is 124 Å². The number of sulfonamides is 1. The molecule has 0 spiro atoms. The molecule has 7 nitrogen and oxygen atoms in total. The summed E-state index contributed by atoms with van der Waals surface area (Å²) in [6.45, 7) is 5.23. The van der Waals surface area contributed by atoms with Crippen LogP contribution in [0, 0.1) is 0 Å². The van der Waals surface area contributed by atoms with Crippen molar-refractivity contribution in [2.75, 3.05) is 13.2 Å². The van der Waals surface area contributed by atoms with Gasteiger partial charge < -0.3 is 14.9 Å². The number of carbonyl (C=O) groups excluding carboxylic acids is 1. The monoisotopic (exact) mass is 326 g/mol. The van der Waals surface area contributed by atoms with Gasteiger partial charge in [0.15, 0.2) is 0 Å². The van der Waals surface area contributed by atoms with Crippen molar-refractivity contribution in [2.45, 2.75) is 31.4 Å². The van der Waals surface area contributed by atoms with Gasteiger partial charge in [0.05, 0.1) is 6.61 Å². The van der Waals surface area contributed by atoms with Crippen LogP contribution in [0.1, 0.15) is 31.3 Å². The van der Waals surface area contributed by atoms with Crippen LogP contribution in [-0.2, 0) is 14.8 Å². The Morgan fingerprint density at radius 3 is 2.55 bits per heavy atom. The highest BCUT2D eigenvalue weighted by Crippen LogP contribution is 2.15.